The van der Waals surface area contributed by atoms with Crippen LogP contribution in [-0.4, -0.2) is 34.8 Å². The normalized spacial score (nSPS) is 10.4. The summed E-state index contributed by atoms with van der Waals surface area (Å²) in [6.07, 6.45) is 4.71. The van der Waals surface area contributed by atoms with Crippen LogP contribution in [0.4, 0.5) is 5.13 Å². The van der Waals surface area contributed by atoms with Crippen LogP contribution in [0.2, 0.25) is 0 Å². The molecule has 0 saturated heterocycles. The van der Waals surface area contributed by atoms with Gasteiger partial charge in [0.1, 0.15) is 6.54 Å². The Labute approximate surface area is 146 Å². The zero-order valence-corrected chi connectivity index (χ0v) is 14.9. The van der Waals surface area contributed by atoms with Crippen molar-refractivity contribution in [2.75, 3.05) is 18.4 Å². The van der Waals surface area contributed by atoms with Crippen LogP contribution in [0.3, 0.4) is 0 Å². The number of thiazole rings is 1. The lowest BCUT2D eigenvalue weighted by atomic mass is 10.2. The minimum absolute atomic E-state index is 0.0378. The largest absolute Gasteiger partial charge is 0.329 e. The molecular formula is C18H23N3O2S. The fraction of sp³-hybridized carbons (Fsp3) is 0.389. The van der Waals surface area contributed by atoms with E-state index in [0.717, 1.165) is 24.1 Å². The Bertz CT molecular complexity index is 670. The third-order valence-electron chi connectivity index (χ3n) is 3.54. The van der Waals surface area contributed by atoms with Crippen LogP contribution in [0.5, 0.6) is 0 Å². The molecule has 0 bridgehead atoms. The zero-order chi connectivity index (χ0) is 17.4. The predicted octanol–water partition coefficient (Wildman–Crippen LogP) is 3.72. The molecule has 1 aromatic heterocycles. The number of benzene rings is 1. The molecule has 0 radical (unpaired) electrons. The molecule has 0 aliphatic rings. The maximum Gasteiger partial charge on any atom is 0.254 e. The molecule has 6 heteroatoms. The average Bonchev–Trinajstić information content (AvgIpc) is 2.99. The number of nitrogens with zero attached hydrogens (tertiary/aromatic N) is 2. The molecule has 0 saturated carbocycles. The fourth-order valence-corrected chi connectivity index (χ4v) is 2.99. The van der Waals surface area contributed by atoms with E-state index in [1.807, 2.05) is 25.1 Å². The molecule has 0 unspecified atom stereocenters. The molecule has 0 aliphatic heterocycles. The molecule has 0 atom stereocenters. The lowest BCUT2D eigenvalue weighted by Crippen LogP contribution is -2.38. The number of carbonyl (C=O) groups is 2. The van der Waals surface area contributed by atoms with E-state index in [1.165, 1.54) is 11.3 Å². The standard InChI is InChI=1S/C18H23N3O2S/c1-3-4-8-11-21(17(23)15-9-6-5-7-10-15)13-16(22)20-18-19-12-14(2)24-18/h5-7,9-10,12H,3-4,8,11,13H2,1-2H3,(H,19,20,22). The van der Waals surface area contributed by atoms with Gasteiger partial charge in [-0.2, -0.15) is 0 Å². The molecule has 2 aromatic rings. The van der Waals surface area contributed by atoms with E-state index < -0.39 is 0 Å². The zero-order valence-electron chi connectivity index (χ0n) is 14.1. The van der Waals surface area contributed by atoms with Gasteiger partial charge in [0, 0.05) is 23.2 Å². The highest BCUT2D eigenvalue weighted by Crippen LogP contribution is 2.16. The van der Waals surface area contributed by atoms with E-state index in [2.05, 4.69) is 17.2 Å². The maximum atomic E-state index is 12.7. The summed E-state index contributed by atoms with van der Waals surface area (Å²) in [6.45, 7) is 4.66. The van der Waals surface area contributed by atoms with Gasteiger partial charge in [0.15, 0.2) is 5.13 Å². The maximum absolute atomic E-state index is 12.7. The molecular weight excluding hydrogens is 322 g/mol. The van der Waals surface area contributed by atoms with Crippen molar-refractivity contribution in [2.45, 2.75) is 33.1 Å². The lowest BCUT2D eigenvalue weighted by Gasteiger charge is -2.22. The molecule has 2 rings (SSSR count). The molecule has 1 N–H and O–H groups in total. The van der Waals surface area contributed by atoms with Crippen molar-refractivity contribution < 1.29 is 9.59 Å². The summed E-state index contributed by atoms with van der Waals surface area (Å²) in [7, 11) is 0. The fourth-order valence-electron chi connectivity index (χ4n) is 2.31. The van der Waals surface area contributed by atoms with Crippen LogP contribution < -0.4 is 5.32 Å². The van der Waals surface area contributed by atoms with Gasteiger partial charge >= 0.3 is 0 Å². The second kappa shape index (κ2) is 9.17. The number of amides is 2. The minimum atomic E-state index is -0.217. The first kappa shape index (κ1) is 18.1. The number of anilines is 1. The van der Waals surface area contributed by atoms with Gasteiger partial charge < -0.3 is 10.2 Å². The van der Waals surface area contributed by atoms with Crippen molar-refractivity contribution in [2.24, 2.45) is 0 Å². The van der Waals surface area contributed by atoms with Gasteiger partial charge in [-0.1, -0.05) is 38.0 Å². The number of carbonyl (C=O) groups excluding carboxylic acids is 2. The SMILES string of the molecule is CCCCCN(CC(=O)Nc1ncc(C)s1)C(=O)c1ccccc1. The third-order valence-corrected chi connectivity index (χ3v) is 4.37. The van der Waals surface area contributed by atoms with E-state index in [0.29, 0.717) is 17.2 Å². The van der Waals surface area contributed by atoms with Crippen molar-refractivity contribution in [3.63, 3.8) is 0 Å². The third kappa shape index (κ3) is 5.45. The molecule has 2 amide bonds. The lowest BCUT2D eigenvalue weighted by molar-refractivity contribution is -0.116. The number of aromatic nitrogens is 1. The summed E-state index contributed by atoms with van der Waals surface area (Å²) in [4.78, 5) is 31.7. The molecule has 0 spiro atoms. The number of unbranched alkanes of at least 4 members (excludes halogenated alkanes) is 2. The molecule has 1 heterocycles. The smallest absolute Gasteiger partial charge is 0.254 e. The van der Waals surface area contributed by atoms with E-state index in [9.17, 15) is 9.59 Å². The summed E-state index contributed by atoms with van der Waals surface area (Å²) < 4.78 is 0. The van der Waals surface area contributed by atoms with Crippen molar-refractivity contribution in [3.05, 3.63) is 47.0 Å². The summed E-state index contributed by atoms with van der Waals surface area (Å²) in [5, 5.41) is 3.33. The highest BCUT2D eigenvalue weighted by Gasteiger charge is 2.19. The molecule has 5 nitrogen and oxygen atoms in total. The van der Waals surface area contributed by atoms with Crippen LogP contribution in [0.15, 0.2) is 36.5 Å². The van der Waals surface area contributed by atoms with E-state index in [-0.39, 0.29) is 18.4 Å². The minimum Gasteiger partial charge on any atom is -0.329 e. The number of hydrogen-bond donors (Lipinski definition) is 1. The second-order valence-electron chi connectivity index (χ2n) is 5.62. The van der Waals surface area contributed by atoms with Crippen LogP contribution in [0.1, 0.15) is 41.4 Å². The van der Waals surface area contributed by atoms with Crippen molar-refractivity contribution in [1.82, 2.24) is 9.88 Å². The van der Waals surface area contributed by atoms with E-state index in [1.54, 1.807) is 23.2 Å². The quantitative estimate of drug-likeness (QED) is 0.742. The summed E-state index contributed by atoms with van der Waals surface area (Å²) >= 11 is 1.42. The van der Waals surface area contributed by atoms with Gasteiger partial charge in [0.25, 0.3) is 5.91 Å². The Hall–Kier alpha value is -2.21. The van der Waals surface area contributed by atoms with Crippen LogP contribution in [-0.2, 0) is 4.79 Å². The molecule has 24 heavy (non-hydrogen) atoms. The van der Waals surface area contributed by atoms with Gasteiger partial charge in [-0.05, 0) is 25.5 Å². The summed E-state index contributed by atoms with van der Waals surface area (Å²) in [5.41, 5.74) is 0.604. The van der Waals surface area contributed by atoms with Gasteiger partial charge in [-0.15, -0.1) is 11.3 Å². The Kier molecular flexibility index (Phi) is 6.93. The van der Waals surface area contributed by atoms with Crippen molar-refractivity contribution >= 4 is 28.3 Å². The van der Waals surface area contributed by atoms with Gasteiger partial charge in [0.05, 0.1) is 0 Å². The Morgan fingerprint density at radius 2 is 1.96 bits per heavy atom. The highest BCUT2D eigenvalue weighted by molar-refractivity contribution is 7.15. The van der Waals surface area contributed by atoms with Gasteiger partial charge in [-0.3, -0.25) is 9.59 Å². The Balaban J connectivity index is 2.02. The predicted molar refractivity (Wildman–Crippen MR) is 97.4 cm³/mol. The average molecular weight is 345 g/mol. The van der Waals surface area contributed by atoms with E-state index in [4.69, 9.17) is 0 Å². The van der Waals surface area contributed by atoms with Gasteiger partial charge in [0.2, 0.25) is 5.91 Å². The van der Waals surface area contributed by atoms with E-state index >= 15 is 0 Å². The van der Waals surface area contributed by atoms with Gasteiger partial charge in [-0.25, -0.2) is 4.98 Å². The molecule has 1 aromatic carbocycles. The number of hydrogen-bond acceptors (Lipinski definition) is 4. The first-order valence-electron chi connectivity index (χ1n) is 8.16. The molecule has 0 aliphatic carbocycles. The number of aryl methyl sites for hydroxylation is 1. The topological polar surface area (TPSA) is 62.3 Å². The van der Waals surface area contributed by atoms with Crippen LogP contribution >= 0.6 is 11.3 Å². The summed E-state index contributed by atoms with van der Waals surface area (Å²) in [5.74, 6) is -0.331. The second-order valence-corrected chi connectivity index (χ2v) is 6.86. The number of nitrogens with one attached hydrogen (secondary N) is 1. The molecule has 0 fully saturated rings. The van der Waals surface area contributed by atoms with Crippen molar-refractivity contribution in [3.8, 4) is 0 Å². The van der Waals surface area contributed by atoms with Crippen molar-refractivity contribution in [1.29, 1.82) is 0 Å². The Morgan fingerprint density at radius 1 is 1.21 bits per heavy atom. The first-order valence-corrected chi connectivity index (χ1v) is 8.98. The van der Waals surface area contributed by atoms with Crippen LogP contribution in [0.25, 0.3) is 0 Å². The summed E-state index contributed by atoms with van der Waals surface area (Å²) in [6, 6.07) is 9.08. The first-order chi connectivity index (χ1) is 11.6. The Morgan fingerprint density at radius 3 is 2.58 bits per heavy atom. The van der Waals surface area contributed by atoms with Crippen LogP contribution in [0, 0.1) is 6.92 Å². The molecule has 128 valence electrons. The monoisotopic (exact) mass is 345 g/mol. The number of rotatable bonds is 8. The highest BCUT2D eigenvalue weighted by atomic mass is 32.1.